The number of nitrogens with two attached hydrogens (primary N) is 1. The predicted molar refractivity (Wildman–Crippen MR) is 60.7 cm³/mol. The molecule has 1 aliphatic rings. The minimum absolute atomic E-state index is 0.302. The number of nitrogens with zero attached hydrogens (tertiary/aromatic N) is 1. The Morgan fingerprint density at radius 1 is 1.64 bits per heavy atom. The van der Waals surface area contributed by atoms with Gasteiger partial charge in [-0.25, -0.2) is 0 Å². The van der Waals surface area contributed by atoms with Crippen molar-refractivity contribution >= 4 is 0 Å². The molecule has 3 nitrogen and oxygen atoms in total. The van der Waals surface area contributed by atoms with Crippen LogP contribution >= 0.6 is 0 Å². The number of rotatable bonds is 7. The summed E-state index contributed by atoms with van der Waals surface area (Å²) < 4.78 is 0. The molecule has 1 aliphatic heterocycles. The lowest BCUT2D eigenvalue weighted by atomic mass is 10.1. The highest BCUT2D eigenvalue weighted by atomic mass is 15.2. The molecule has 1 heterocycles. The van der Waals surface area contributed by atoms with Crippen molar-refractivity contribution in [1.29, 1.82) is 0 Å². The molecule has 0 aromatic rings. The van der Waals surface area contributed by atoms with Gasteiger partial charge in [-0.2, -0.15) is 0 Å². The minimum Gasteiger partial charge on any atom is -0.348 e. The monoisotopic (exact) mass is 195 g/mol. The van der Waals surface area contributed by atoms with Gasteiger partial charge >= 0.3 is 0 Å². The summed E-state index contributed by atoms with van der Waals surface area (Å²) in [5, 5.41) is 3.08. The second kappa shape index (κ2) is 5.83. The second-order valence-electron chi connectivity index (χ2n) is 3.82. The average molecular weight is 195 g/mol. The first-order valence-corrected chi connectivity index (χ1v) is 5.25. The molecule has 14 heavy (non-hydrogen) atoms. The number of nitrogens with one attached hydrogen (secondary N) is 1. The summed E-state index contributed by atoms with van der Waals surface area (Å²) >= 11 is 0. The molecule has 3 heteroatoms. The fourth-order valence-electron chi connectivity index (χ4n) is 1.40. The fraction of sp³-hybridized carbons (Fsp3) is 0.636. The van der Waals surface area contributed by atoms with Crippen molar-refractivity contribution in [3.8, 4) is 0 Å². The molecule has 0 saturated heterocycles. The van der Waals surface area contributed by atoms with Crippen LogP contribution in [-0.2, 0) is 0 Å². The molecule has 0 bridgehead atoms. The largest absolute Gasteiger partial charge is 0.348 e. The van der Waals surface area contributed by atoms with Crippen molar-refractivity contribution in [3.05, 3.63) is 24.0 Å². The Hall–Kier alpha value is -0.800. The number of allylic oxidation sites excluding steroid dienone is 2. The van der Waals surface area contributed by atoms with Crippen molar-refractivity contribution in [2.45, 2.75) is 25.3 Å². The van der Waals surface area contributed by atoms with E-state index in [1.165, 1.54) is 12.1 Å². The van der Waals surface area contributed by atoms with Crippen molar-refractivity contribution in [2.24, 2.45) is 5.73 Å². The van der Waals surface area contributed by atoms with E-state index in [-0.39, 0.29) is 0 Å². The van der Waals surface area contributed by atoms with Crippen molar-refractivity contribution in [2.75, 3.05) is 20.6 Å². The smallest absolute Gasteiger partial charge is 0.0566 e. The molecule has 1 rings (SSSR count). The first-order chi connectivity index (χ1) is 6.74. The third-order valence-electron chi connectivity index (χ3n) is 2.37. The van der Waals surface area contributed by atoms with Crippen LogP contribution in [0.2, 0.25) is 0 Å². The molecule has 3 N–H and O–H groups in total. The summed E-state index contributed by atoms with van der Waals surface area (Å²) in [5.74, 6) is 0. The summed E-state index contributed by atoms with van der Waals surface area (Å²) in [6.07, 6.45) is 9.91. The van der Waals surface area contributed by atoms with Crippen LogP contribution in [0.25, 0.3) is 0 Å². The van der Waals surface area contributed by atoms with Crippen molar-refractivity contribution < 1.29 is 0 Å². The van der Waals surface area contributed by atoms with Gasteiger partial charge in [-0.3, -0.25) is 0 Å². The Kier molecular flexibility index (Phi) is 4.70. The number of likely N-dealkylation sites (N-methyl/N-ethyl adjacent to an activating group) is 2. The molecule has 0 radical (unpaired) electrons. The van der Waals surface area contributed by atoms with E-state index in [9.17, 15) is 0 Å². The molecule has 0 spiro atoms. The molecular weight excluding hydrogens is 174 g/mol. The van der Waals surface area contributed by atoms with E-state index in [2.05, 4.69) is 35.6 Å². The summed E-state index contributed by atoms with van der Waals surface area (Å²) in [4.78, 5) is 2.11. The summed E-state index contributed by atoms with van der Waals surface area (Å²) in [6.45, 7) is 0.914. The lowest BCUT2D eigenvalue weighted by Crippen LogP contribution is -2.31. The maximum Gasteiger partial charge on any atom is 0.0566 e. The highest BCUT2D eigenvalue weighted by Gasteiger charge is 2.09. The van der Waals surface area contributed by atoms with Gasteiger partial charge in [0.15, 0.2) is 0 Å². The maximum absolute atomic E-state index is 5.85. The van der Waals surface area contributed by atoms with Gasteiger partial charge in [0.2, 0.25) is 0 Å². The van der Waals surface area contributed by atoms with E-state index in [0.717, 1.165) is 19.4 Å². The van der Waals surface area contributed by atoms with Crippen LogP contribution in [0.5, 0.6) is 0 Å². The van der Waals surface area contributed by atoms with Crippen molar-refractivity contribution in [3.63, 3.8) is 0 Å². The standard InChI is InChI=1S/C11H21N3/c1-13-8-10(12)6-4-3-5-7-11-9-14(11)2/h5,7,9-10,13H,3-4,6,8,12H2,1-2H3/b7-5-. The average Bonchev–Trinajstić information content (AvgIpc) is 2.82. The van der Waals surface area contributed by atoms with E-state index >= 15 is 0 Å². The van der Waals surface area contributed by atoms with Crippen LogP contribution in [0.3, 0.4) is 0 Å². The molecule has 0 aromatic heterocycles. The lowest BCUT2D eigenvalue weighted by molar-refractivity contribution is 0.556. The molecule has 0 aromatic carbocycles. The molecule has 0 saturated carbocycles. The Labute approximate surface area is 86.7 Å². The van der Waals surface area contributed by atoms with Gasteiger partial charge in [0.25, 0.3) is 0 Å². The molecule has 0 amide bonds. The van der Waals surface area contributed by atoms with Gasteiger partial charge in [-0.15, -0.1) is 0 Å². The topological polar surface area (TPSA) is 41.1 Å². The van der Waals surface area contributed by atoms with Crippen LogP contribution in [0.4, 0.5) is 0 Å². The Morgan fingerprint density at radius 2 is 2.36 bits per heavy atom. The van der Waals surface area contributed by atoms with Gasteiger partial charge in [0.1, 0.15) is 0 Å². The number of unbranched alkanes of at least 4 members (excludes halogenated alkanes) is 1. The summed E-state index contributed by atoms with van der Waals surface area (Å²) in [7, 11) is 4.00. The molecule has 1 unspecified atom stereocenters. The van der Waals surface area contributed by atoms with Crippen LogP contribution in [0.1, 0.15) is 19.3 Å². The third kappa shape index (κ3) is 4.44. The maximum atomic E-state index is 5.85. The zero-order valence-corrected chi connectivity index (χ0v) is 9.16. The number of hydrogen-bond acceptors (Lipinski definition) is 3. The van der Waals surface area contributed by atoms with E-state index in [1.807, 2.05) is 7.05 Å². The molecule has 0 aliphatic carbocycles. The normalized spacial score (nSPS) is 17.4. The molecular formula is C11H21N3. The zero-order valence-electron chi connectivity index (χ0n) is 9.16. The Bertz CT molecular complexity index is 221. The summed E-state index contributed by atoms with van der Waals surface area (Å²) in [6, 6.07) is 0.302. The molecule has 1 atom stereocenters. The van der Waals surface area contributed by atoms with Gasteiger partial charge in [-0.1, -0.05) is 6.08 Å². The highest BCUT2D eigenvalue weighted by Crippen LogP contribution is 2.18. The van der Waals surface area contributed by atoms with Crippen LogP contribution in [-0.4, -0.2) is 31.6 Å². The highest BCUT2D eigenvalue weighted by molar-refractivity contribution is 5.29. The SMILES string of the molecule is CNCC(N)CCC/C=C\C1=CN1C. The van der Waals surface area contributed by atoms with E-state index < -0.39 is 0 Å². The molecule has 80 valence electrons. The summed E-state index contributed by atoms with van der Waals surface area (Å²) in [5.41, 5.74) is 7.18. The number of hydrogen-bond donors (Lipinski definition) is 2. The van der Waals surface area contributed by atoms with Gasteiger partial charge in [0.05, 0.1) is 5.70 Å². The second-order valence-corrected chi connectivity index (χ2v) is 3.82. The van der Waals surface area contributed by atoms with Gasteiger partial charge in [0, 0.05) is 25.8 Å². The third-order valence-corrected chi connectivity index (χ3v) is 2.37. The van der Waals surface area contributed by atoms with E-state index in [0.29, 0.717) is 6.04 Å². The minimum atomic E-state index is 0.302. The molecule has 0 fully saturated rings. The van der Waals surface area contributed by atoms with Crippen molar-refractivity contribution in [1.82, 2.24) is 10.2 Å². The van der Waals surface area contributed by atoms with Crippen LogP contribution in [0.15, 0.2) is 24.0 Å². The first kappa shape index (κ1) is 11.3. The van der Waals surface area contributed by atoms with Gasteiger partial charge in [-0.05, 0) is 32.4 Å². The Balaban J connectivity index is 1.93. The van der Waals surface area contributed by atoms with Crippen LogP contribution < -0.4 is 11.1 Å². The van der Waals surface area contributed by atoms with E-state index in [1.54, 1.807) is 0 Å². The first-order valence-electron chi connectivity index (χ1n) is 5.25. The van der Waals surface area contributed by atoms with Gasteiger partial charge < -0.3 is 16.0 Å². The lowest BCUT2D eigenvalue weighted by Gasteiger charge is -2.08. The fourth-order valence-corrected chi connectivity index (χ4v) is 1.40. The zero-order chi connectivity index (χ0) is 10.4. The predicted octanol–water partition coefficient (Wildman–Crippen LogP) is 1.05. The quantitative estimate of drug-likeness (QED) is 0.597. The van der Waals surface area contributed by atoms with Crippen LogP contribution in [0, 0.1) is 0 Å². The van der Waals surface area contributed by atoms with E-state index in [4.69, 9.17) is 5.73 Å². The Morgan fingerprint density at radius 3 is 2.93 bits per heavy atom.